The molecule has 0 atom stereocenters. The Morgan fingerprint density at radius 2 is 1.20 bits per heavy atom. The second-order valence-corrected chi connectivity index (χ2v) is 13.8. The average Bonchev–Trinajstić information content (AvgIpc) is 3.52. The number of amides is 1. The molecule has 2 aromatic carbocycles. The molecule has 4 aliphatic rings. The number of nitrogens with one attached hydrogen (secondary N) is 1. The van der Waals surface area contributed by atoms with E-state index in [1.807, 2.05) is 12.1 Å². The quantitative estimate of drug-likeness (QED) is 0.280. The highest BCUT2D eigenvalue weighted by Crippen LogP contribution is 2.40. The van der Waals surface area contributed by atoms with Gasteiger partial charge in [0.2, 0.25) is 0 Å². The molecule has 41 heavy (non-hydrogen) atoms. The number of hydrogen-bond donors (Lipinski definition) is 1. The van der Waals surface area contributed by atoms with Crippen LogP contribution in [-0.2, 0) is 13.1 Å². The molecular weight excluding hydrogens is 575 g/mol. The SMILES string of the molecule is Cc1cc(CN2CCCC23CCN(C(=O)Cl)CC3)ccc1Cl.Cc1cc(CN2CCCC23CCNCC3)ccc1Cl. The van der Waals surface area contributed by atoms with E-state index in [1.165, 1.54) is 74.8 Å². The van der Waals surface area contributed by atoms with Crippen LogP contribution in [0, 0.1) is 13.8 Å². The third-order valence-electron chi connectivity index (χ3n) is 10.2. The first-order valence-electron chi connectivity index (χ1n) is 15.4. The van der Waals surface area contributed by atoms with Gasteiger partial charge in [-0.15, -0.1) is 0 Å². The summed E-state index contributed by atoms with van der Waals surface area (Å²) >= 11 is 17.9. The van der Waals surface area contributed by atoms with Gasteiger partial charge in [0.15, 0.2) is 0 Å². The van der Waals surface area contributed by atoms with E-state index in [0.29, 0.717) is 5.54 Å². The minimum atomic E-state index is -0.312. The predicted molar refractivity (Wildman–Crippen MR) is 171 cm³/mol. The van der Waals surface area contributed by atoms with Gasteiger partial charge in [0.25, 0.3) is 0 Å². The number of benzene rings is 2. The standard InChI is InChI=1S/C17H22Cl2N2O.C16H23ClN2/c1-13-11-14(3-4-15(13)18)12-21-8-2-5-17(21)6-9-20(10-7-17)16(19)22;1-13-11-14(3-4-15(13)17)12-19-10-2-5-16(19)6-8-18-9-7-16/h3-4,11H,2,5-10,12H2,1H3;3-4,11,18H,2,5-10,12H2,1H3. The van der Waals surface area contributed by atoms with Gasteiger partial charge in [0.05, 0.1) is 0 Å². The van der Waals surface area contributed by atoms with Gasteiger partial charge >= 0.3 is 5.37 Å². The van der Waals surface area contributed by atoms with E-state index in [9.17, 15) is 4.79 Å². The Morgan fingerprint density at radius 1 is 0.732 bits per heavy atom. The summed E-state index contributed by atoms with van der Waals surface area (Å²) in [6.07, 6.45) is 9.86. The lowest BCUT2D eigenvalue weighted by atomic mass is 9.85. The zero-order valence-electron chi connectivity index (χ0n) is 24.7. The number of piperidine rings is 2. The number of nitrogens with zero attached hydrogens (tertiary/aromatic N) is 3. The van der Waals surface area contributed by atoms with Gasteiger partial charge in [-0.1, -0.05) is 47.5 Å². The second kappa shape index (κ2) is 13.5. The Hall–Kier alpha value is -1.34. The molecule has 1 N–H and O–H groups in total. The molecule has 0 aliphatic carbocycles. The van der Waals surface area contributed by atoms with Crippen LogP contribution in [0.1, 0.15) is 73.6 Å². The zero-order valence-corrected chi connectivity index (χ0v) is 26.9. The second-order valence-electron chi connectivity index (χ2n) is 12.7. The van der Waals surface area contributed by atoms with Crippen molar-refractivity contribution in [2.75, 3.05) is 39.3 Å². The van der Waals surface area contributed by atoms with Crippen LogP contribution in [0.5, 0.6) is 0 Å². The molecule has 1 amide bonds. The molecule has 0 unspecified atom stereocenters. The Bertz CT molecular complexity index is 1210. The number of aryl methyl sites for hydroxylation is 2. The fraction of sp³-hybridized carbons (Fsp3) is 0.606. The third kappa shape index (κ3) is 7.25. The fourth-order valence-corrected chi connectivity index (χ4v) is 8.06. The van der Waals surface area contributed by atoms with E-state index >= 15 is 0 Å². The summed E-state index contributed by atoms with van der Waals surface area (Å²) in [7, 11) is 0. The summed E-state index contributed by atoms with van der Waals surface area (Å²) < 4.78 is 0. The van der Waals surface area contributed by atoms with Gasteiger partial charge < -0.3 is 10.2 Å². The molecule has 4 fully saturated rings. The summed E-state index contributed by atoms with van der Waals surface area (Å²) in [5, 5.41) is 4.88. The number of likely N-dealkylation sites (tertiary alicyclic amines) is 3. The van der Waals surface area contributed by atoms with Gasteiger partial charge in [-0.3, -0.25) is 14.6 Å². The summed E-state index contributed by atoms with van der Waals surface area (Å²) in [4.78, 5) is 18.4. The topological polar surface area (TPSA) is 38.8 Å². The van der Waals surface area contributed by atoms with Crippen molar-refractivity contribution < 1.29 is 4.79 Å². The van der Waals surface area contributed by atoms with E-state index in [4.69, 9.17) is 34.8 Å². The summed E-state index contributed by atoms with van der Waals surface area (Å²) in [5.74, 6) is 0. The number of carbonyl (C=O) groups excluding carboxylic acids is 1. The number of halogens is 3. The minimum Gasteiger partial charge on any atom is -0.329 e. The number of rotatable bonds is 4. The van der Waals surface area contributed by atoms with Gasteiger partial charge in [-0.2, -0.15) is 0 Å². The molecule has 2 spiro atoms. The first kappa shape index (κ1) is 31.1. The molecule has 0 radical (unpaired) electrons. The molecule has 2 aromatic rings. The van der Waals surface area contributed by atoms with Crippen molar-refractivity contribution in [3.63, 3.8) is 0 Å². The maximum atomic E-state index is 11.3. The zero-order chi connectivity index (χ0) is 29.0. The largest absolute Gasteiger partial charge is 0.329 e. The molecule has 224 valence electrons. The minimum absolute atomic E-state index is 0.246. The summed E-state index contributed by atoms with van der Waals surface area (Å²) in [6.45, 7) is 12.5. The van der Waals surface area contributed by atoms with Gasteiger partial charge in [-0.05, 0) is 137 Å². The Labute approximate surface area is 261 Å². The van der Waals surface area contributed by atoms with Gasteiger partial charge in [0, 0.05) is 47.3 Å². The van der Waals surface area contributed by atoms with Crippen molar-refractivity contribution in [1.82, 2.24) is 20.0 Å². The lowest BCUT2D eigenvalue weighted by molar-refractivity contribution is 0.0627. The van der Waals surface area contributed by atoms with Crippen molar-refractivity contribution >= 4 is 40.2 Å². The van der Waals surface area contributed by atoms with E-state index in [2.05, 4.69) is 53.2 Å². The van der Waals surface area contributed by atoms with Gasteiger partial charge in [0.1, 0.15) is 0 Å². The highest BCUT2D eigenvalue weighted by atomic mass is 35.5. The van der Waals surface area contributed by atoms with Crippen LogP contribution in [0.2, 0.25) is 10.0 Å². The maximum Gasteiger partial charge on any atom is 0.316 e. The Balaban J connectivity index is 0.000000166. The van der Waals surface area contributed by atoms with Crippen molar-refractivity contribution in [3.8, 4) is 0 Å². The molecule has 4 saturated heterocycles. The number of carbonyl (C=O) groups is 1. The van der Waals surface area contributed by atoms with Crippen molar-refractivity contribution in [2.24, 2.45) is 0 Å². The lowest BCUT2D eigenvalue weighted by Gasteiger charge is -2.44. The smallest absolute Gasteiger partial charge is 0.316 e. The Morgan fingerprint density at radius 3 is 1.63 bits per heavy atom. The molecule has 6 rings (SSSR count). The first-order valence-corrected chi connectivity index (χ1v) is 16.5. The average molecular weight is 620 g/mol. The van der Waals surface area contributed by atoms with Crippen molar-refractivity contribution in [2.45, 2.75) is 89.4 Å². The van der Waals surface area contributed by atoms with Crippen molar-refractivity contribution in [1.29, 1.82) is 0 Å². The van der Waals surface area contributed by atoms with E-state index in [-0.39, 0.29) is 10.9 Å². The molecule has 0 saturated carbocycles. The van der Waals surface area contributed by atoms with Gasteiger partial charge in [-0.25, -0.2) is 0 Å². The van der Waals surface area contributed by atoms with E-state index < -0.39 is 0 Å². The molecule has 4 heterocycles. The molecule has 8 heteroatoms. The van der Waals surface area contributed by atoms with Crippen LogP contribution >= 0.6 is 34.8 Å². The lowest BCUT2D eigenvalue weighted by Crippen LogP contribution is -2.52. The summed E-state index contributed by atoms with van der Waals surface area (Å²) in [5.41, 5.74) is 5.77. The fourth-order valence-electron chi connectivity index (χ4n) is 7.66. The van der Waals surface area contributed by atoms with E-state index in [0.717, 1.165) is 61.2 Å². The van der Waals surface area contributed by atoms with Crippen LogP contribution in [-0.4, -0.2) is 70.4 Å². The van der Waals surface area contributed by atoms with Crippen LogP contribution in [0.3, 0.4) is 0 Å². The Kier molecular flexibility index (Phi) is 10.3. The first-order chi connectivity index (χ1) is 19.7. The molecule has 5 nitrogen and oxygen atoms in total. The van der Waals surface area contributed by atoms with Crippen LogP contribution in [0.25, 0.3) is 0 Å². The van der Waals surface area contributed by atoms with Crippen LogP contribution in [0.15, 0.2) is 36.4 Å². The summed E-state index contributed by atoms with van der Waals surface area (Å²) in [6, 6.07) is 12.8. The monoisotopic (exact) mass is 618 g/mol. The van der Waals surface area contributed by atoms with E-state index in [1.54, 1.807) is 4.90 Å². The maximum absolute atomic E-state index is 11.3. The normalized spacial score (nSPS) is 22.2. The predicted octanol–water partition coefficient (Wildman–Crippen LogP) is 7.80. The molecule has 0 bridgehead atoms. The third-order valence-corrected chi connectivity index (χ3v) is 11.2. The number of hydrogen-bond acceptors (Lipinski definition) is 4. The van der Waals surface area contributed by atoms with Crippen molar-refractivity contribution in [3.05, 3.63) is 68.7 Å². The highest BCUT2D eigenvalue weighted by Gasteiger charge is 2.43. The molecule has 4 aliphatic heterocycles. The molecular formula is C33H45Cl3N4O. The van der Waals surface area contributed by atoms with Crippen LogP contribution < -0.4 is 5.32 Å². The highest BCUT2D eigenvalue weighted by molar-refractivity contribution is 6.62. The molecule has 0 aromatic heterocycles. The van der Waals surface area contributed by atoms with Crippen LogP contribution in [0.4, 0.5) is 4.79 Å².